The summed E-state index contributed by atoms with van der Waals surface area (Å²) < 4.78 is 7.58. The summed E-state index contributed by atoms with van der Waals surface area (Å²) in [5.41, 5.74) is 3.19. The van der Waals surface area contributed by atoms with Gasteiger partial charge < -0.3 is 14.6 Å². The summed E-state index contributed by atoms with van der Waals surface area (Å²) in [4.78, 5) is 12.8. The maximum Gasteiger partial charge on any atom is 0.158 e. The number of nitrogens with one attached hydrogen (secondary N) is 1. The summed E-state index contributed by atoms with van der Waals surface area (Å²) >= 11 is 12.6. The lowest BCUT2D eigenvalue weighted by atomic mass is 10.3. The van der Waals surface area contributed by atoms with Crippen molar-refractivity contribution in [2.24, 2.45) is 7.05 Å². The molecule has 0 aliphatic rings. The van der Waals surface area contributed by atoms with E-state index in [0.717, 1.165) is 22.4 Å². The zero-order valence-electron chi connectivity index (χ0n) is 14.4. The number of benzene rings is 1. The molecular weight excluding hydrogens is 385 g/mol. The molecule has 0 bridgehead atoms. The Balaban J connectivity index is 1.55. The van der Waals surface area contributed by atoms with Crippen LogP contribution in [0.5, 0.6) is 5.75 Å². The van der Waals surface area contributed by atoms with Gasteiger partial charge in [0.15, 0.2) is 5.82 Å². The lowest BCUT2D eigenvalue weighted by molar-refractivity contribution is 0.301. The number of halogens is 2. The quantitative estimate of drug-likeness (QED) is 0.511. The number of anilines is 2. The molecule has 4 aromatic rings. The zero-order chi connectivity index (χ0) is 18.8. The van der Waals surface area contributed by atoms with Crippen LogP contribution in [0.1, 0.15) is 5.69 Å². The maximum absolute atomic E-state index is 6.37. The van der Waals surface area contributed by atoms with Crippen LogP contribution in [0.3, 0.4) is 0 Å². The number of nitrogens with zero attached hydrogens (tertiary/aromatic N) is 4. The minimum absolute atomic E-state index is 0.349. The molecule has 1 N–H and O–H groups in total. The number of hydrogen-bond donors (Lipinski definition) is 1. The van der Waals surface area contributed by atoms with Gasteiger partial charge in [-0.25, -0.2) is 9.97 Å². The number of rotatable bonds is 5. The average Bonchev–Trinajstić information content (AvgIpc) is 2.97. The number of pyridine rings is 1. The number of hydrogen-bond acceptors (Lipinski definition) is 5. The van der Waals surface area contributed by atoms with E-state index in [1.165, 1.54) is 6.33 Å². The highest BCUT2D eigenvalue weighted by Crippen LogP contribution is 2.32. The van der Waals surface area contributed by atoms with Crippen molar-refractivity contribution in [1.82, 2.24) is 19.5 Å². The van der Waals surface area contributed by atoms with Crippen LogP contribution in [0.25, 0.3) is 11.0 Å². The van der Waals surface area contributed by atoms with E-state index in [0.29, 0.717) is 28.3 Å². The smallest absolute Gasteiger partial charge is 0.158 e. The van der Waals surface area contributed by atoms with Gasteiger partial charge in [-0.05, 0) is 30.3 Å². The summed E-state index contributed by atoms with van der Waals surface area (Å²) in [5.74, 6) is 1.23. The molecule has 0 saturated heterocycles. The van der Waals surface area contributed by atoms with Crippen molar-refractivity contribution in [3.8, 4) is 5.75 Å². The molecule has 3 heterocycles. The van der Waals surface area contributed by atoms with Crippen molar-refractivity contribution < 1.29 is 4.74 Å². The zero-order valence-corrected chi connectivity index (χ0v) is 15.9. The molecule has 0 fully saturated rings. The molecule has 0 spiro atoms. The minimum atomic E-state index is 0.349. The molecule has 0 aliphatic carbocycles. The van der Waals surface area contributed by atoms with Crippen LogP contribution in [0.15, 0.2) is 55.0 Å². The van der Waals surface area contributed by atoms with E-state index in [9.17, 15) is 0 Å². The van der Waals surface area contributed by atoms with Crippen LogP contribution >= 0.6 is 23.2 Å². The molecule has 0 unspecified atom stereocenters. The molecule has 0 amide bonds. The molecule has 4 rings (SSSR count). The fourth-order valence-corrected chi connectivity index (χ4v) is 3.13. The lowest BCUT2D eigenvalue weighted by Gasteiger charge is -2.11. The van der Waals surface area contributed by atoms with Gasteiger partial charge in [-0.3, -0.25) is 4.98 Å². The van der Waals surface area contributed by atoms with E-state index >= 15 is 0 Å². The van der Waals surface area contributed by atoms with Gasteiger partial charge in [0.05, 0.1) is 16.2 Å². The van der Waals surface area contributed by atoms with E-state index in [1.54, 1.807) is 18.3 Å². The first-order chi connectivity index (χ1) is 13.1. The summed E-state index contributed by atoms with van der Waals surface area (Å²) in [7, 11) is 1.86. The molecule has 27 heavy (non-hydrogen) atoms. The Morgan fingerprint density at radius 3 is 2.74 bits per heavy atom. The van der Waals surface area contributed by atoms with Crippen LogP contribution in [0.2, 0.25) is 10.2 Å². The summed E-state index contributed by atoms with van der Waals surface area (Å²) in [6.45, 7) is 0.349. The predicted molar refractivity (Wildman–Crippen MR) is 107 cm³/mol. The highest BCUT2D eigenvalue weighted by Gasteiger charge is 2.12. The molecular formula is C19H15Cl2N5O. The Morgan fingerprint density at radius 2 is 1.96 bits per heavy atom. The highest BCUT2D eigenvalue weighted by molar-refractivity contribution is 6.32. The van der Waals surface area contributed by atoms with Crippen LogP contribution in [-0.2, 0) is 13.7 Å². The molecule has 136 valence electrons. The van der Waals surface area contributed by atoms with Crippen molar-refractivity contribution in [2.75, 3.05) is 5.32 Å². The molecule has 0 radical (unpaired) electrons. The van der Waals surface area contributed by atoms with Crippen molar-refractivity contribution in [1.29, 1.82) is 0 Å². The molecule has 3 aromatic heterocycles. The van der Waals surface area contributed by atoms with Crippen molar-refractivity contribution >= 4 is 45.7 Å². The van der Waals surface area contributed by atoms with Crippen LogP contribution in [-0.4, -0.2) is 19.5 Å². The molecule has 1 aromatic carbocycles. The fraction of sp³-hybridized carbons (Fsp3) is 0.105. The van der Waals surface area contributed by atoms with Crippen molar-refractivity contribution in [2.45, 2.75) is 6.61 Å². The average molecular weight is 400 g/mol. The normalized spacial score (nSPS) is 10.9. The Kier molecular flexibility index (Phi) is 4.83. The predicted octanol–water partition coefficient (Wildman–Crippen LogP) is 4.99. The second kappa shape index (κ2) is 7.42. The van der Waals surface area contributed by atoms with E-state index in [-0.39, 0.29) is 0 Å². The van der Waals surface area contributed by atoms with E-state index in [4.69, 9.17) is 27.9 Å². The number of ether oxygens (including phenoxy) is 1. The largest absolute Gasteiger partial charge is 0.486 e. The summed E-state index contributed by atoms with van der Waals surface area (Å²) in [6, 6.07) is 12.9. The van der Waals surface area contributed by atoms with E-state index in [2.05, 4.69) is 20.3 Å². The van der Waals surface area contributed by atoms with E-state index in [1.807, 2.05) is 41.9 Å². The Labute approximate surface area is 165 Å². The van der Waals surface area contributed by atoms with Crippen LogP contribution < -0.4 is 10.1 Å². The fourth-order valence-electron chi connectivity index (χ4n) is 2.70. The van der Waals surface area contributed by atoms with Gasteiger partial charge in [0, 0.05) is 25.0 Å². The third-order valence-corrected chi connectivity index (χ3v) is 4.72. The number of aromatic nitrogens is 4. The van der Waals surface area contributed by atoms with E-state index < -0.39 is 0 Å². The highest BCUT2D eigenvalue weighted by atomic mass is 35.5. The molecule has 6 nitrogen and oxygen atoms in total. The third kappa shape index (κ3) is 3.67. The minimum Gasteiger partial charge on any atom is -0.486 e. The third-order valence-electron chi connectivity index (χ3n) is 4.06. The number of fused-ring (bicyclic) bond motifs is 1. The number of aryl methyl sites for hydroxylation is 1. The second-order valence-corrected chi connectivity index (χ2v) is 6.66. The van der Waals surface area contributed by atoms with Gasteiger partial charge in [-0.1, -0.05) is 29.3 Å². The Morgan fingerprint density at radius 1 is 1.07 bits per heavy atom. The Hall–Kier alpha value is -2.83. The molecule has 0 aliphatic heterocycles. The topological polar surface area (TPSA) is 64.9 Å². The second-order valence-electron chi connectivity index (χ2n) is 5.86. The molecule has 0 saturated carbocycles. The molecule has 0 atom stereocenters. The van der Waals surface area contributed by atoms with Crippen molar-refractivity contribution in [3.05, 3.63) is 70.9 Å². The standard InChI is InChI=1S/C19H15Cl2N5O/c1-26-17(21)9-15-18(26)19(24-11-23-15)25-12-5-6-16(14(20)8-12)27-10-13-4-2-3-7-22-13/h2-9,11H,10H2,1H3,(H,23,24,25). The van der Waals surface area contributed by atoms with Crippen LogP contribution in [0, 0.1) is 0 Å². The van der Waals surface area contributed by atoms with Gasteiger partial charge in [-0.2, -0.15) is 0 Å². The first-order valence-corrected chi connectivity index (χ1v) is 8.92. The summed E-state index contributed by atoms with van der Waals surface area (Å²) in [6.07, 6.45) is 3.22. The van der Waals surface area contributed by atoms with Gasteiger partial charge in [0.25, 0.3) is 0 Å². The van der Waals surface area contributed by atoms with Gasteiger partial charge in [-0.15, -0.1) is 0 Å². The van der Waals surface area contributed by atoms with Gasteiger partial charge >= 0.3 is 0 Å². The van der Waals surface area contributed by atoms with Crippen LogP contribution in [0.4, 0.5) is 11.5 Å². The first-order valence-electron chi connectivity index (χ1n) is 8.17. The monoisotopic (exact) mass is 399 g/mol. The maximum atomic E-state index is 6.37. The first kappa shape index (κ1) is 17.6. The van der Waals surface area contributed by atoms with Crippen molar-refractivity contribution in [3.63, 3.8) is 0 Å². The van der Waals surface area contributed by atoms with Gasteiger partial charge in [0.2, 0.25) is 0 Å². The summed E-state index contributed by atoms with van der Waals surface area (Å²) in [5, 5.41) is 4.34. The lowest BCUT2D eigenvalue weighted by Crippen LogP contribution is -2.00. The van der Waals surface area contributed by atoms with Gasteiger partial charge in [0.1, 0.15) is 29.4 Å². The Bertz CT molecular complexity index is 1100. The SMILES string of the molecule is Cn1c(Cl)cc2ncnc(Nc3ccc(OCc4ccccn4)c(Cl)c3)c21. The molecule has 8 heteroatoms.